The molecule has 6 nitrogen and oxygen atoms in total. The van der Waals surface area contributed by atoms with Gasteiger partial charge < -0.3 is 21.1 Å². The van der Waals surface area contributed by atoms with Crippen LogP contribution in [0.15, 0.2) is 24.3 Å². The van der Waals surface area contributed by atoms with Crippen LogP contribution in [0.2, 0.25) is 0 Å². The molecule has 0 heterocycles. The first kappa shape index (κ1) is 17.0. The van der Waals surface area contributed by atoms with E-state index in [2.05, 4.69) is 16.0 Å². The summed E-state index contributed by atoms with van der Waals surface area (Å²) in [6.45, 7) is 1.23. The third-order valence-corrected chi connectivity index (χ3v) is 2.99. The number of para-hydroxylation sites is 1. The summed E-state index contributed by atoms with van der Waals surface area (Å²) in [6, 6.07) is 7.38. The maximum Gasteiger partial charge on any atom is 0.319 e. The van der Waals surface area contributed by atoms with E-state index in [4.69, 9.17) is 5.11 Å². The first-order valence-corrected chi connectivity index (χ1v) is 7.12. The molecule has 0 spiro atoms. The van der Waals surface area contributed by atoms with E-state index in [-0.39, 0.29) is 12.5 Å². The molecule has 116 valence electrons. The number of carbonyl (C=O) groups is 2. The van der Waals surface area contributed by atoms with E-state index in [1.165, 1.54) is 0 Å². The number of unbranched alkanes of at least 4 members (excludes halogenated alkanes) is 2. The minimum Gasteiger partial charge on any atom is -0.481 e. The second-order valence-electron chi connectivity index (χ2n) is 4.77. The SMILES string of the molecule is CNCc1ccccc1NC(=O)NCCCCCC(=O)O. The fraction of sp³-hybridized carbons (Fsp3) is 0.467. The van der Waals surface area contributed by atoms with Crippen molar-refractivity contribution in [2.75, 3.05) is 18.9 Å². The molecule has 0 fully saturated rings. The third kappa shape index (κ3) is 7.31. The third-order valence-electron chi connectivity index (χ3n) is 2.99. The van der Waals surface area contributed by atoms with Gasteiger partial charge in [0.1, 0.15) is 0 Å². The largest absolute Gasteiger partial charge is 0.481 e. The summed E-state index contributed by atoms with van der Waals surface area (Å²) in [6.07, 6.45) is 2.40. The molecule has 0 atom stereocenters. The summed E-state index contributed by atoms with van der Waals surface area (Å²) >= 11 is 0. The zero-order valence-corrected chi connectivity index (χ0v) is 12.3. The first-order chi connectivity index (χ1) is 10.1. The van der Waals surface area contributed by atoms with Crippen molar-refractivity contribution in [3.05, 3.63) is 29.8 Å². The molecule has 21 heavy (non-hydrogen) atoms. The summed E-state index contributed by atoms with van der Waals surface area (Å²) in [7, 11) is 1.86. The second-order valence-corrected chi connectivity index (χ2v) is 4.77. The maximum atomic E-state index is 11.8. The van der Waals surface area contributed by atoms with E-state index in [1.54, 1.807) is 0 Å². The first-order valence-electron chi connectivity index (χ1n) is 7.12. The summed E-state index contributed by atoms with van der Waals surface area (Å²) in [5.74, 6) is -0.776. The number of benzene rings is 1. The summed E-state index contributed by atoms with van der Waals surface area (Å²) in [5, 5.41) is 17.2. The number of urea groups is 1. The molecule has 0 aromatic heterocycles. The Kier molecular flexibility index (Phi) is 7.89. The molecule has 0 unspecified atom stereocenters. The van der Waals surface area contributed by atoms with E-state index in [1.807, 2.05) is 31.3 Å². The highest BCUT2D eigenvalue weighted by Crippen LogP contribution is 2.14. The maximum absolute atomic E-state index is 11.8. The average molecular weight is 293 g/mol. The van der Waals surface area contributed by atoms with Crippen LogP contribution in [0.4, 0.5) is 10.5 Å². The van der Waals surface area contributed by atoms with Gasteiger partial charge in [-0.05, 0) is 31.5 Å². The number of hydrogen-bond acceptors (Lipinski definition) is 3. The lowest BCUT2D eigenvalue weighted by Crippen LogP contribution is -2.30. The predicted octanol–water partition coefficient (Wildman–Crippen LogP) is 2.17. The number of anilines is 1. The van der Waals surface area contributed by atoms with Crippen LogP contribution >= 0.6 is 0 Å². The van der Waals surface area contributed by atoms with Crippen LogP contribution in [-0.2, 0) is 11.3 Å². The average Bonchev–Trinajstić information content (AvgIpc) is 2.45. The zero-order valence-electron chi connectivity index (χ0n) is 12.3. The molecule has 4 N–H and O–H groups in total. The normalized spacial score (nSPS) is 10.1. The molecular weight excluding hydrogens is 270 g/mol. The van der Waals surface area contributed by atoms with Gasteiger partial charge in [-0.15, -0.1) is 0 Å². The number of amides is 2. The van der Waals surface area contributed by atoms with Crippen LogP contribution in [-0.4, -0.2) is 30.7 Å². The Bertz CT molecular complexity index is 463. The van der Waals surface area contributed by atoms with E-state index < -0.39 is 5.97 Å². The van der Waals surface area contributed by atoms with Crippen LogP contribution in [0.3, 0.4) is 0 Å². The Morgan fingerprint density at radius 3 is 2.62 bits per heavy atom. The van der Waals surface area contributed by atoms with Crippen LogP contribution in [0, 0.1) is 0 Å². The molecule has 0 saturated heterocycles. The van der Waals surface area contributed by atoms with Crippen LogP contribution < -0.4 is 16.0 Å². The highest BCUT2D eigenvalue weighted by atomic mass is 16.4. The van der Waals surface area contributed by atoms with E-state index in [0.29, 0.717) is 19.5 Å². The number of aliphatic carboxylic acids is 1. The monoisotopic (exact) mass is 293 g/mol. The van der Waals surface area contributed by atoms with Crippen molar-refractivity contribution >= 4 is 17.7 Å². The van der Waals surface area contributed by atoms with Gasteiger partial charge in [-0.25, -0.2) is 4.79 Å². The number of rotatable bonds is 9. The molecule has 2 amide bonds. The molecule has 0 aliphatic rings. The number of carbonyl (C=O) groups excluding carboxylic acids is 1. The van der Waals surface area contributed by atoms with Gasteiger partial charge in [0.25, 0.3) is 0 Å². The molecule has 1 aromatic rings. The Balaban J connectivity index is 2.26. The Morgan fingerprint density at radius 2 is 1.90 bits per heavy atom. The highest BCUT2D eigenvalue weighted by molar-refractivity contribution is 5.90. The van der Waals surface area contributed by atoms with Crippen molar-refractivity contribution in [1.29, 1.82) is 0 Å². The summed E-state index contributed by atoms with van der Waals surface area (Å²) in [5.41, 5.74) is 1.81. The van der Waals surface area contributed by atoms with Gasteiger partial charge in [0.2, 0.25) is 0 Å². The number of hydrogen-bond donors (Lipinski definition) is 4. The molecule has 6 heteroatoms. The van der Waals surface area contributed by atoms with Crippen molar-refractivity contribution in [3.63, 3.8) is 0 Å². The fourth-order valence-corrected chi connectivity index (χ4v) is 1.93. The number of carboxylic acid groups (broad SMARTS) is 1. The van der Waals surface area contributed by atoms with Gasteiger partial charge in [-0.3, -0.25) is 4.79 Å². The quantitative estimate of drug-likeness (QED) is 0.525. The number of carboxylic acids is 1. The van der Waals surface area contributed by atoms with Crippen molar-refractivity contribution < 1.29 is 14.7 Å². The summed E-state index contributed by atoms with van der Waals surface area (Å²) in [4.78, 5) is 22.1. The lowest BCUT2D eigenvalue weighted by Gasteiger charge is -2.11. The Labute approximate surface area is 124 Å². The second kappa shape index (κ2) is 9.77. The lowest BCUT2D eigenvalue weighted by atomic mass is 10.2. The van der Waals surface area contributed by atoms with E-state index in [9.17, 15) is 9.59 Å². The minimum atomic E-state index is -0.776. The summed E-state index contributed by atoms with van der Waals surface area (Å²) < 4.78 is 0. The molecule has 0 aliphatic heterocycles. The minimum absolute atomic E-state index is 0.184. The van der Waals surface area contributed by atoms with Crippen LogP contribution in [0.1, 0.15) is 31.2 Å². The van der Waals surface area contributed by atoms with Gasteiger partial charge in [0.15, 0.2) is 0 Å². The Hall–Kier alpha value is -2.08. The molecule has 1 rings (SSSR count). The smallest absolute Gasteiger partial charge is 0.319 e. The molecule has 0 saturated carbocycles. The van der Waals surface area contributed by atoms with Crippen molar-refractivity contribution in [2.24, 2.45) is 0 Å². The van der Waals surface area contributed by atoms with Gasteiger partial charge >= 0.3 is 12.0 Å². The van der Waals surface area contributed by atoms with Gasteiger partial charge in [-0.1, -0.05) is 24.6 Å². The number of nitrogens with one attached hydrogen (secondary N) is 3. The molecule has 0 aliphatic carbocycles. The fourth-order valence-electron chi connectivity index (χ4n) is 1.93. The van der Waals surface area contributed by atoms with Gasteiger partial charge in [0.05, 0.1) is 0 Å². The van der Waals surface area contributed by atoms with Crippen molar-refractivity contribution in [3.8, 4) is 0 Å². The van der Waals surface area contributed by atoms with E-state index in [0.717, 1.165) is 24.1 Å². The standard InChI is InChI=1S/C15H23N3O3/c1-16-11-12-7-4-5-8-13(12)18-15(21)17-10-6-2-3-9-14(19)20/h4-5,7-8,16H,2-3,6,9-11H2,1H3,(H,19,20)(H2,17,18,21). The molecular formula is C15H23N3O3. The predicted molar refractivity (Wildman–Crippen MR) is 82.3 cm³/mol. The van der Waals surface area contributed by atoms with Crippen molar-refractivity contribution in [2.45, 2.75) is 32.2 Å². The Morgan fingerprint density at radius 1 is 1.14 bits per heavy atom. The van der Waals surface area contributed by atoms with Crippen LogP contribution in [0.25, 0.3) is 0 Å². The highest BCUT2D eigenvalue weighted by Gasteiger charge is 2.05. The van der Waals surface area contributed by atoms with E-state index >= 15 is 0 Å². The van der Waals surface area contributed by atoms with Gasteiger partial charge in [0, 0.05) is 25.2 Å². The molecule has 0 radical (unpaired) electrons. The molecule has 1 aromatic carbocycles. The van der Waals surface area contributed by atoms with Crippen molar-refractivity contribution in [1.82, 2.24) is 10.6 Å². The lowest BCUT2D eigenvalue weighted by molar-refractivity contribution is -0.137. The molecule has 0 bridgehead atoms. The zero-order chi connectivity index (χ0) is 15.5. The van der Waals surface area contributed by atoms with Gasteiger partial charge in [-0.2, -0.15) is 0 Å². The topological polar surface area (TPSA) is 90.5 Å². The van der Waals surface area contributed by atoms with Crippen LogP contribution in [0.5, 0.6) is 0 Å².